The number of halogens is 5. The number of hydrogen-bond acceptors (Lipinski definition) is 4. The molecule has 0 aliphatic carbocycles. The molecule has 21 heavy (non-hydrogen) atoms. The van der Waals surface area contributed by atoms with Crippen LogP contribution < -0.4 is 5.32 Å². The number of benzene rings is 1. The molecule has 0 amide bonds. The molecule has 110 valence electrons. The standard InChI is InChI=1S/C11H4ClF4N3O2/c12-7-2-1-6(19(20)21)11(17-7)18-10-8(15)4(13)3-5(14)9(10)16/h1-3H,(H,17,18). The SMILES string of the molecule is O=[N+]([O-])c1ccc(Cl)nc1Nc1c(F)c(F)cc(F)c1F. The average Bonchev–Trinajstić information content (AvgIpc) is 2.41. The maximum atomic E-state index is 13.5. The minimum Gasteiger partial charge on any atom is -0.329 e. The van der Waals surface area contributed by atoms with Crippen molar-refractivity contribution in [1.29, 1.82) is 0 Å². The summed E-state index contributed by atoms with van der Waals surface area (Å²) in [5.41, 5.74) is -1.92. The van der Waals surface area contributed by atoms with Crippen LogP contribution in [0.25, 0.3) is 0 Å². The van der Waals surface area contributed by atoms with Crippen LogP contribution in [-0.4, -0.2) is 9.91 Å². The molecule has 0 aliphatic rings. The van der Waals surface area contributed by atoms with E-state index in [0.29, 0.717) is 0 Å². The third kappa shape index (κ3) is 2.87. The van der Waals surface area contributed by atoms with Crippen molar-refractivity contribution in [3.63, 3.8) is 0 Å². The van der Waals surface area contributed by atoms with Crippen LogP contribution in [0.3, 0.4) is 0 Å². The van der Waals surface area contributed by atoms with Crippen LogP contribution in [0.1, 0.15) is 0 Å². The molecule has 1 N–H and O–H groups in total. The lowest BCUT2D eigenvalue weighted by Gasteiger charge is -2.09. The van der Waals surface area contributed by atoms with E-state index in [1.165, 1.54) is 0 Å². The van der Waals surface area contributed by atoms with Gasteiger partial charge in [0.1, 0.15) is 10.8 Å². The number of rotatable bonds is 3. The molecule has 0 fully saturated rings. The summed E-state index contributed by atoms with van der Waals surface area (Å²) in [6.45, 7) is 0. The molecule has 0 saturated heterocycles. The Morgan fingerprint density at radius 1 is 1.14 bits per heavy atom. The Morgan fingerprint density at radius 3 is 2.24 bits per heavy atom. The van der Waals surface area contributed by atoms with Gasteiger partial charge in [-0.25, -0.2) is 22.5 Å². The Morgan fingerprint density at radius 2 is 1.71 bits per heavy atom. The van der Waals surface area contributed by atoms with Crippen molar-refractivity contribution in [2.75, 3.05) is 5.32 Å². The maximum absolute atomic E-state index is 13.5. The number of aromatic nitrogens is 1. The Hall–Kier alpha value is -2.42. The maximum Gasteiger partial charge on any atom is 0.311 e. The predicted octanol–water partition coefficient (Wildman–Crippen LogP) is 3.94. The van der Waals surface area contributed by atoms with Gasteiger partial charge in [0, 0.05) is 12.1 Å². The monoisotopic (exact) mass is 321 g/mol. The molecule has 1 heterocycles. The van der Waals surface area contributed by atoms with Crippen molar-refractivity contribution in [3.8, 4) is 0 Å². The highest BCUT2D eigenvalue weighted by Crippen LogP contribution is 2.31. The van der Waals surface area contributed by atoms with Crippen LogP contribution in [0.15, 0.2) is 18.2 Å². The quantitative estimate of drug-likeness (QED) is 0.306. The van der Waals surface area contributed by atoms with E-state index < -0.39 is 45.4 Å². The molecule has 1 aromatic carbocycles. The second-order valence-corrected chi connectivity index (χ2v) is 4.11. The summed E-state index contributed by atoms with van der Waals surface area (Å²) < 4.78 is 53.1. The van der Waals surface area contributed by atoms with Gasteiger partial charge in [-0.3, -0.25) is 10.1 Å². The fourth-order valence-corrected chi connectivity index (χ4v) is 1.62. The van der Waals surface area contributed by atoms with E-state index in [0.717, 1.165) is 12.1 Å². The summed E-state index contributed by atoms with van der Waals surface area (Å²) in [5.74, 6) is -7.48. The Kier molecular flexibility index (Phi) is 3.94. The summed E-state index contributed by atoms with van der Waals surface area (Å²) in [6, 6.07) is 2.00. The van der Waals surface area contributed by atoms with Crippen LogP contribution in [0, 0.1) is 33.4 Å². The first-order valence-corrected chi connectivity index (χ1v) is 5.60. The number of anilines is 2. The van der Waals surface area contributed by atoms with Gasteiger partial charge in [-0.15, -0.1) is 0 Å². The topological polar surface area (TPSA) is 68.1 Å². The van der Waals surface area contributed by atoms with Crippen LogP contribution in [0.2, 0.25) is 5.15 Å². The Labute approximate surface area is 119 Å². The molecule has 0 aliphatic heterocycles. The van der Waals surface area contributed by atoms with Gasteiger partial charge < -0.3 is 5.32 Å². The van der Waals surface area contributed by atoms with E-state index in [4.69, 9.17) is 11.6 Å². The van der Waals surface area contributed by atoms with Gasteiger partial charge in [-0.2, -0.15) is 0 Å². The first-order chi connectivity index (χ1) is 9.81. The predicted molar refractivity (Wildman–Crippen MR) is 65.5 cm³/mol. The van der Waals surface area contributed by atoms with Gasteiger partial charge in [-0.1, -0.05) is 11.6 Å². The summed E-state index contributed by atoms with van der Waals surface area (Å²) in [5, 5.41) is 12.4. The normalized spacial score (nSPS) is 10.5. The van der Waals surface area contributed by atoms with E-state index in [9.17, 15) is 27.7 Å². The molecule has 5 nitrogen and oxygen atoms in total. The highest BCUT2D eigenvalue weighted by Gasteiger charge is 2.23. The number of nitrogens with one attached hydrogen (secondary N) is 1. The zero-order chi connectivity index (χ0) is 15.7. The second kappa shape index (κ2) is 5.52. The zero-order valence-corrected chi connectivity index (χ0v) is 10.6. The van der Waals surface area contributed by atoms with Crippen LogP contribution in [0.5, 0.6) is 0 Å². The third-order valence-corrected chi connectivity index (χ3v) is 2.60. The van der Waals surface area contributed by atoms with Gasteiger partial charge in [0.05, 0.1) is 4.92 Å². The number of nitrogens with zero attached hydrogens (tertiary/aromatic N) is 2. The summed E-state index contributed by atoms with van der Waals surface area (Å²) >= 11 is 5.52. The molecular formula is C11H4ClF4N3O2. The van der Waals surface area contributed by atoms with Gasteiger partial charge >= 0.3 is 5.69 Å². The minimum absolute atomic E-state index is 0.00958. The van der Waals surface area contributed by atoms with Crippen molar-refractivity contribution in [1.82, 2.24) is 4.98 Å². The summed E-state index contributed by atoms with van der Waals surface area (Å²) in [7, 11) is 0. The van der Waals surface area contributed by atoms with Crippen molar-refractivity contribution in [2.45, 2.75) is 0 Å². The van der Waals surface area contributed by atoms with Gasteiger partial charge in [0.2, 0.25) is 5.82 Å². The van der Waals surface area contributed by atoms with E-state index in [2.05, 4.69) is 4.98 Å². The van der Waals surface area contributed by atoms with Gasteiger partial charge in [0.15, 0.2) is 23.3 Å². The van der Waals surface area contributed by atoms with E-state index in [1.54, 1.807) is 0 Å². The van der Waals surface area contributed by atoms with Crippen LogP contribution in [-0.2, 0) is 0 Å². The van der Waals surface area contributed by atoms with E-state index in [-0.39, 0.29) is 11.2 Å². The van der Waals surface area contributed by atoms with E-state index >= 15 is 0 Å². The lowest BCUT2D eigenvalue weighted by molar-refractivity contribution is -0.384. The summed E-state index contributed by atoms with van der Waals surface area (Å²) in [4.78, 5) is 13.3. The molecule has 0 spiro atoms. The van der Waals surface area contributed by atoms with Crippen LogP contribution in [0.4, 0.5) is 34.8 Å². The fraction of sp³-hybridized carbons (Fsp3) is 0. The van der Waals surface area contributed by atoms with Crippen LogP contribution >= 0.6 is 11.6 Å². The smallest absolute Gasteiger partial charge is 0.311 e. The molecule has 2 rings (SSSR count). The second-order valence-electron chi connectivity index (χ2n) is 3.73. The zero-order valence-electron chi connectivity index (χ0n) is 9.83. The fourth-order valence-electron chi connectivity index (χ4n) is 1.47. The summed E-state index contributed by atoms with van der Waals surface area (Å²) in [6.07, 6.45) is 0. The van der Waals surface area contributed by atoms with E-state index in [1.807, 2.05) is 5.32 Å². The number of hydrogen-bond donors (Lipinski definition) is 1. The third-order valence-electron chi connectivity index (χ3n) is 2.39. The van der Waals surface area contributed by atoms with Crippen molar-refractivity contribution in [2.24, 2.45) is 0 Å². The first kappa shape index (κ1) is 15.0. The highest BCUT2D eigenvalue weighted by molar-refractivity contribution is 6.29. The molecule has 0 saturated carbocycles. The first-order valence-electron chi connectivity index (χ1n) is 5.22. The van der Waals surface area contributed by atoms with Crippen molar-refractivity contribution < 1.29 is 22.5 Å². The average molecular weight is 322 g/mol. The molecular weight excluding hydrogens is 318 g/mol. The number of nitro groups is 1. The van der Waals surface area contributed by atoms with Crippen molar-refractivity contribution >= 4 is 28.8 Å². The molecule has 1 aromatic heterocycles. The van der Waals surface area contributed by atoms with Gasteiger partial charge in [0.25, 0.3) is 0 Å². The molecule has 0 atom stereocenters. The minimum atomic E-state index is -1.75. The Bertz CT molecular complexity index is 716. The molecule has 0 radical (unpaired) electrons. The lowest BCUT2D eigenvalue weighted by atomic mass is 10.2. The Balaban J connectivity index is 2.58. The molecule has 0 unspecified atom stereocenters. The lowest BCUT2D eigenvalue weighted by Crippen LogP contribution is -2.06. The highest BCUT2D eigenvalue weighted by atomic mass is 35.5. The largest absolute Gasteiger partial charge is 0.329 e. The molecule has 2 aromatic rings. The van der Waals surface area contributed by atoms with Gasteiger partial charge in [-0.05, 0) is 6.07 Å². The molecule has 0 bridgehead atoms. The number of pyridine rings is 1. The van der Waals surface area contributed by atoms with Crippen molar-refractivity contribution in [3.05, 3.63) is 56.7 Å². The molecule has 10 heteroatoms.